The standard InChI is InChI=1S/C12H13FN4S/c1-2-4-11-15-16-12(18)17(11)14-8-9-5-3-6-10(13)7-9/h3,5-8H,2,4H2,1H3,(H,16,18)/b14-8+. The maximum absolute atomic E-state index is 13.0. The van der Waals surface area contributed by atoms with Gasteiger partial charge in [0.1, 0.15) is 5.82 Å². The Labute approximate surface area is 109 Å². The zero-order valence-electron chi connectivity index (χ0n) is 9.93. The van der Waals surface area contributed by atoms with E-state index in [1.807, 2.05) is 0 Å². The normalized spacial score (nSPS) is 11.2. The molecule has 0 atom stereocenters. The van der Waals surface area contributed by atoms with Crippen molar-refractivity contribution in [3.05, 3.63) is 46.2 Å². The van der Waals surface area contributed by atoms with Gasteiger partial charge in [-0.05, 0) is 36.3 Å². The first kappa shape index (κ1) is 12.6. The zero-order valence-corrected chi connectivity index (χ0v) is 10.7. The molecule has 0 aliphatic heterocycles. The quantitative estimate of drug-likeness (QED) is 0.681. The van der Waals surface area contributed by atoms with E-state index in [0.717, 1.165) is 18.7 Å². The average molecular weight is 264 g/mol. The van der Waals surface area contributed by atoms with Gasteiger partial charge in [-0.15, -0.1) is 0 Å². The number of aryl methyl sites for hydroxylation is 1. The molecule has 0 aliphatic rings. The molecule has 1 aromatic carbocycles. The maximum atomic E-state index is 13.0. The molecule has 2 aromatic rings. The fourth-order valence-corrected chi connectivity index (χ4v) is 1.74. The number of aromatic nitrogens is 3. The van der Waals surface area contributed by atoms with Gasteiger partial charge in [-0.3, -0.25) is 5.10 Å². The first-order valence-corrected chi connectivity index (χ1v) is 6.07. The minimum absolute atomic E-state index is 0.288. The Bertz CT molecular complexity index is 615. The van der Waals surface area contributed by atoms with E-state index < -0.39 is 0 Å². The highest BCUT2D eigenvalue weighted by atomic mass is 32.1. The van der Waals surface area contributed by atoms with Crippen molar-refractivity contribution in [3.8, 4) is 0 Å². The first-order chi connectivity index (χ1) is 8.70. The lowest BCUT2D eigenvalue weighted by Gasteiger charge is -1.98. The molecule has 0 unspecified atom stereocenters. The van der Waals surface area contributed by atoms with E-state index in [1.54, 1.807) is 23.0 Å². The molecule has 0 radical (unpaired) electrons. The smallest absolute Gasteiger partial charge is 0.216 e. The molecular formula is C12H13FN4S. The topological polar surface area (TPSA) is 46.0 Å². The SMILES string of the molecule is CCCc1n[nH]c(=S)n1/N=C/c1cccc(F)c1. The van der Waals surface area contributed by atoms with Crippen LogP contribution in [0.15, 0.2) is 29.4 Å². The van der Waals surface area contributed by atoms with Gasteiger partial charge < -0.3 is 0 Å². The van der Waals surface area contributed by atoms with Gasteiger partial charge in [-0.25, -0.2) is 4.39 Å². The predicted octanol–water partition coefficient (Wildman–Crippen LogP) is 2.91. The molecule has 0 aliphatic carbocycles. The molecule has 1 aromatic heterocycles. The summed E-state index contributed by atoms with van der Waals surface area (Å²) in [5.41, 5.74) is 0.681. The summed E-state index contributed by atoms with van der Waals surface area (Å²) in [5.74, 6) is 0.485. The lowest BCUT2D eigenvalue weighted by atomic mass is 10.2. The average Bonchev–Trinajstić information content (AvgIpc) is 2.69. The van der Waals surface area contributed by atoms with Crippen molar-refractivity contribution in [2.24, 2.45) is 5.10 Å². The van der Waals surface area contributed by atoms with Gasteiger partial charge in [-0.2, -0.15) is 14.9 Å². The van der Waals surface area contributed by atoms with Gasteiger partial charge in [0, 0.05) is 6.42 Å². The van der Waals surface area contributed by atoms with E-state index in [-0.39, 0.29) is 5.82 Å². The highest BCUT2D eigenvalue weighted by Crippen LogP contribution is 2.03. The van der Waals surface area contributed by atoms with Crippen LogP contribution in [-0.2, 0) is 6.42 Å². The summed E-state index contributed by atoms with van der Waals surface area (Å²) in [6, 6.07) is 6.21. The number of halogens is 1. The van der Waals surface area contributed by atoms with Crippen LogP contribution >= 0.6 is 12.2 Å². The summed E-state index contributed by atoms with van der Waals surface area (Å²) in [6.45, 7) is 2.05. The number of benzene rings is 1. The number of hydrogen-bond donors (Lipinski definition) is 1. The van der Waals surface area contributed by atoms with Crippen molar-refractivity contribution in [3.63, 3.8) is 0 Å². The third-order valence-corrected chi connectivity index (χ3v) is 2.63. The summed E-state index contributed by atoms with van der Waals surface area (Å²) in [5, 5.41) is 11.0. The fourth-order valence-electron chi connectivity index (χ4n) is 1.54. The van der Waals surface area contributed by atoms with E-state index in [0.29, 0.717) is 10.3 Å². The summed E-state index contributed by atoms with van der Waals surface area (Å²) < 4.78 is 15.0. The first-order valence-electron chi connectivity index (χ1n) is 5.67. The van der Waals surface area contributed by atoms with Crippen molar-refractivity contribution in [1.82, 2.24) is 14.9 Å². The number of rotatable bonds is 4. The van der Waals surface area contributed by atoms with Crippen LogP contribution in [-0.4, -0.2) is 21.1 Å². The van der Waals surface area contributed by atoms with Crippen molar-refractivity contribution < 1.29 is 4.39 Å². The van der Waals surface area contributed by atoms with Crippen LogP contribution in [0.4, 0.5) is 4.39 Å². The van der Waals surface area contributed by atoms with Crippen molar-refractivity contribution in [1.29, 1.82) is 0 Å². The van der Waals surface area contributed by atoms with Gasteiger partial charge in [0.05, 0.1) is 6.21 Å². The molecule has 4 nitrogen and oxygen atoms in total. The van der Waals surface area contributed by atoms with E-state index in [1.165, 1.54) is 12.1 Å². The Kier molecular flexibility index (Phi) is 3.99. The highest BCUT2D eigenvalue weighted by Gasteiger charge is 2.02. The maximum Gasteiger partial charge on any atom is 0.216 e. The second-order valence-electron chi connectivity index (χ2n) is 3.81. The Hall–Kier alpha value is -1.82. The largest absolute Gasteiger partial charge is 0.250 e. The van der Waals surface area contributed by atoms with E-state index >= 15 is 0 Å². The summed E-state index contributed by atoms with van der Waals surface area (Å²) in [6.07, 6.45) is 3.30. The minimum Gasteiger partial charge on any atom is -0.250 e. The van der Waals surface area contributed by atoms with Crippen LogP contribution in [0.1, 0.15) is 24.7 Å². The predicted molar refractivity (Wildman–Crippen MR) is 70.8 cm³/mol. The monoisotopic (exact) mass is 264 g/mol. The second kappa shape index (κ2) is 5.68. The Balaban J connectivity index is 2.28. The summed E-state index contributed by atoms with van der Waals surface area (Å²) in [7, 11) is 0. The molecule has 94 valence electrons. The molecule has 0 saturated heterocycles. The Morgan fingerprint density at radius 3 is 3.11 bits per heavy atom. The third-order valence-electron chi connectivity index (χ3n) is 2.36. The number of H-pyrrole nitrogens is 1. The molecule has 0 bridgehead atoms. The summed E-state index contributed by atoms with van der Waals surface area (Å²) >= 11 is 5.09. The van der Waals surface area contributed by atoms with Crippen LogP contribution < -0.4 is 0 Å². The number of nitrogens with one attached hydrogen (secondary N) is 1. The molecule has 6 heteroatoms. The van der Waals surface area contributed by atoms with Gasteiger partial charge in [-0.1, -0.05) is 19.1 Å². The Morgan fingerprint density at radius 1 is 1.56 bits per heavy atom. The molecule has 2 rings (SSSR count). The van der Waals surface area contributed by atoms with Crippen LogP contribution in [0.5, 0.6) is 0 Å². The zero-order chi connectivity index (χ0) is 13.0. The second-order valence-corrected chi connectivity index (χ2v) is 4.19. The third kappa shape index (κ3) is 2.89. The molecule has 1 N–H and O–H groups in total. The lowest BCUT2D eigenvalue weighted by molar-refractivity contribution is 0.627. The van der Waals surface area contributed by atoms with Crippen LogP contribution in [0, 0.1) is 10.6 Å². The molecule has 0 saturated carbocycles. The van der Waals surface area contributed by atoms with Crippen LogP contribution in [0.2, 0.25) is 0 Å². The minimum atomic E-state index is -0.288. The number of nitrogens with zero attached hydrogens (tertiary/aromatic N) is 3. The van der Waals surface area contributed by atoms with E-state index in [2.05, 4.69) is 22.2 Å². The highest BCUT2D eigenvalue weighted by molar-refractivity contribution is 7.71. The van der Waals surface area contributed by atoms with Crippen LogP contribution in [0.25, 0.3) is 0 Å². The van der Waals surface area contributed by atoms with Gasteiger partial charge >= 0.3 is 0 Å². The van der Waals surface area contributed by atoms with Crippen LogP contribution in [0.3, 0.4) is 0 Å². The van der Waals surface area contributed by atoms with Gasteiger partial charge in [0.25, 0.3) is 0 Å². The van der Waals surface area contributed by atoms with E-state index in [9.17, 15) is 4.39 Å². The lowest BCUT2D eigenvalue weighted by Crippen LogP contribution is -1.98. The Morgan fingerprint density at radius 2 is 2.39 bits per heavy atom. The van der Waals surface area contributed by atoms with Gasteiger partial charge in [0.15, 0.2) is 5.82 Å². The molecule has 1 heterocycles. The molecule has 0 amide bonds. The van der Waals surface area contributed by atoms with Crippen molar-refractivity contribution in [2.75, 3.05) is 0 Å². The number of hydrogen-bond acceptors (Lipinski definition) is 3. The number of aromatic amines is 1. The van der Waals surface area contributed by atoms with Crippen molar-refractivity contribution >= 4 is 18.4 Å². The van der Waals surface area contributed by atoms with Crippen molar-refractivity contribution in [2.45, 2.75) is 19.8 Å². The van der Waals surface area contributed by atoms with Gasteiger partial charge in [0.2, 0.25) is 4.77 Å². The molecule has 18 heavy (non-hydrogen) atoms. The molecule has 0 fully saturated rings. The molecular weight excluding hydrogens is 251 g/mol. The molecule has 0 spiro atoms. The summed E-state index contributed by atoms with van der Waals surface area (Å²) in [4.78, 5) is 0. The fraction of sp³-hybridized carbons (Fsp3) is 0.250. The van der Waals surface area contributed by atoms with E-state index in [4.69, 9.17) is 12.2 Å².